The largest absolute Gasteiger partial charge is 0.495 e. The third-order valence-electron chi connectivity index (χ3n) is 8.24. The summed E-state index contributed by atoms with van der Waals surface area (Å²) in [5.74, 6) is 0.150. The second-order valence-corrected chi connectivity index (χ2v) is 11.4. The molecule has 2 fully saturated rings. The van der Waals surface area contributed by atoms with Crippen LogP contribution in [0.2, 0.25) is 5.02 Å². The van der Waals surface area contributed by atoms with E-state index in [1.54, 1.807) is 42.8 Å². The minimum absolute atomic E-state index is 0.0611. The molecule has 2 saturated heterocycles. The Balaban J connectivity index is 1.27. The normalized spacial score (nSPS) is 20.1. The fourth-order valence-electron chi connectivity index (χ4n) is 5.97. The number of nitrogens with zero attached hydrogens (tertiary/aromatic N) is 4. The molecule has 0 spiro atoms. The van der Waals surface area contributed by atoms with Crippen LogP contribution in [0.4, 0.5) is 24.5 Å². The van der Waals surface area contributed by atoms with Crippen molar-refractivity contribution in [2.75, 3.05) is 44.7 Å². The number of piperazine rings is 1. The van der Waals surface area contributed by atoms with Gasteiger partial charge in [0.05, 0.1) is 48.1 Å². The molecule has 0 radical (unpaired) electrons. The van der Waals surface area contributed by atoms with Crippen LogP contribution in [0.3, 0.4) is 0 Å². The standard InChI is InChI=1S/C30H31ClF3N7O3/c1-39-14-22-10-21(39)15-40(22)13-19-6-20(30(32,33)34)9-25(28(19)44-3)36-29(42)17-4-5-24(31)27(8-17)41-16-26(37-38-41)18-7-23(43-2)12-35-11-18/h4-9,11-12,16,21-22,37-38H,10,13-15H2,1-3H3,(H,36,42). The number of anilines is 2. The molecule has 0 saturated carbocycles. The number of hydrazine groups is 2. The highest BCUT2D eigenvalue weighted by Gasteiger charge is 2.42. The number of hydrogen-bond donors (Lipinski definition) is 3. The van der Waals surface area contributed by atoms with Crippen molar-refractivity contribution in [3.05, 3.63) is 82.3 Å². The maximum atomic E-state index is 14.0. The van der Waals surface area contributed by atoms with Gasteiger partial charge in [-0.15, -0.1) is 5.53 Å². The Bertz CT molecular complexity index is 1620. The highest BCUT2D eigenvalue weighted by atomic mass is 35.5. The molecule has 3 aliphatic rings. The van der Waals surface area contributed by atoms with E-state index < -0.39 is 17.6 Å². The smallest absolute Gasteiger partial charge is 0.416 e. The van der Waals surface area contributed by atoms with E-state index >= 15 is 0 Å². The molecule has 3 aliphatic heterocycles. The SMILES string of the molecule is COc1cncc(C2=CN(c3cc(C(=O)Nc4cc(C(F)(F)F)cc(CN5CC6CC5CN6C)c4OC)ccc3Cl)NN2)c1. The number of ether oxygens (including phenoxy) is 2. The van der Waals surface area contributed by atoms with Crippen LogP contribution in [0.1, 0.15) is 33.5 Å². The van der Waals surface area contributed by atoms with Crippen LogP contribution in [0, 0.1) is 0 Å². The molecule has 0 aliphatic carbocycles. The maximum Gasteiger partial charge on any atom is 0.416 e. The van der Waals surface area contributed by atoms with E-state index in [4.69, 9.17) is 21.1 Å². The number of pyridine rings is 1. The summed E-state index contributed by atoms with van der Waals surface area (Å²) >= 11 is 6.48. The zero-order valence-electron chi connectivity index (χ0n) is 24.2. The Morgan fingerprint density at radius 2 is 1.93 bits per heavy atom. The van der Waals surface area contributed by atoms with Crippen molar-refractivity contribution < 1.29 is 27.4 Å². The molecule has 3 N–H and O–H groups in total. The first kappa shape index (κ1) is 30.0. The van der Waals surface area contributed by atoms with Gasteiger partial charge in [0.1, 0.15) is 11.5 Å². The average Bonchev–Trinajstić information content (AvgIpc) is 3.73. The van der Waals surface area contributed by atoms with E-state index in [0.717, 1.165) is 37.2 Å². The van der Waals surface area contributed by atoms with Gasteiger partial charge < -0.3 is 25.1 Å². The molecule has 2 bridgehead atoms. The monoisotopic (exact) mass is 629 g/mol. The number of halogens is 4. The molecule has 10 nitrogen and oxygen atoms in total. The van der Waals surface area contributed by atoms with E-state index in [-0.39, 0.29) is 29.6 Å². The molecule has 2 aromatic carbocycles. The third-order valence-corrected chi connectivity index (χ3v) is 8.56. The van der Waals surface area contributed by atoms with Crippen LogP contribution in [0.15, 0.2) is 55.0 Å². The molecular formula is C30H31ClF3N7O3. The van der Waals surface area contributed by atoms with E-state index in [0.29, 0.717) is 33.8 Å². The van der Waals surface area contributed by atoms with Gasteiger partial charge in [0.2, 0.25) is 0 Å². The molecule has 232 valence electrons. The Morgan fingerprint density at radius 3 is 2.61 bits per heavy atom. The van der Waals surface area contributed by atoms with Gasteiger partial charge in [-0.05, 0) is 49.9 Å². The van der Waals surface area contributed by atoms with Gasteiger partial charge in [-0.3, -0.25) is 19.7 Å². The van der Waals surface area contributed by atoms with Crippen LogP contribution >= 0.6 is 11.6 Å². The van der Waals surface area contributed by atoms with Crippen molar-refractivity contribution in [1.29, 1.82) is 0 Å². The van der Waals surface area contributed by atoms with Gasteiger partial charge in [-0.2, -0.15) is 13.2 Å². The number of rotatable bonds is 8. The molecule has 6 rings (SSSR count). The first-order valence-corrected chi connectivity index (χ1v) is 14.3. The minimum atomic E-state index is -4.62. The van der Waals surface area contributed by atoms with Gasteiger partial charge in [-0.25, -0.2) is 0 Å². The number of likely N-dealkylation sites (tertiary alicyclic amines) is 2. The first-order valence-electron chi connectivity index (χ1n) is 13.9. The van der Waals surface area contributed by atoms with Crippen LogP contribution < -0.4 is 30.8 Å². The Morgan fingerprint density at radius 1 is 1.11 bits per heavy atom. The highest BCUT2D eigenvalue weighted by Crippen LogP contribution is 2.40. The lowest BCUT2D eigenvalue weighted by molar-refractivity contribution is -0.137. The van der Waals surface area contributed by atoms with Gasteiger partial charge in [0.25, 0.3) is 5.91 Å². The predicted octanol–water partition coefficient (Wildman–Crippen LogP) is 4.74. The number of aromatic nitrogens is 1. The van der Waals surface area contributed by atoms with Crippen molar-refractivity contribution >= 4 is 34.6 Å². The number of carbonyl (C=O) groups excluding carboxylic acids is 1. The summed E-state index contributed by atoms with van der Waals surface area (Å²) in [7, 11) is 5.00. The van der Waals surface area contributed by atoms with Crippen LogP contribution in [0.25, 0.3) is 5.70 Å². The number of alkyl halides is 3. The van der Waals surface area contributed by atoms with Gasteiger partial charge in [-0.1, -0.05) is 11.6 Å². The molecule has 14 heteroatoms. The number of carbonyl (C=O) groups is 1. The molecule has 4 heterocycles. The molecule has 3 aromatic rings. The summed E-state index contributed by atoms with van der Waals surface area (Å²) in [5.41, 5.74) is 7.45. The maximum absolute atomic E-state index is 14.0. The number of likely N-dealkylation sites (N-methyl/N-ethyl adjacent to an activating group) is 1. The quantitative estimate of drug-likeness (QED) is 0.327. The summed E-state index contributed by atoms with van der Waals surface area (Å²) in [6, 6.07) is 9.04. The average molecular weight is 630 g/mol. The van der Waals surface area contributed by atoms with Gasteiger partial charge in [0, 0.05) is 60.8 Å². The fourth-order valence-corrected chi connectivity index (χ4v) is 6.17. The number of amides is 1. The fraction of sp³-hybridized carbons (Fsp3) is 0.333. The molecule has 44 heavy (non-hydrogen) atoms. The van der Waals surface area contributed by atoms with E-state index in [1.165, 1.54) is 19.2 Å². The zero-order chi connectivity index (χ0) is 31.2. The number of hydrogen-bond acceptors (Lipinski definition) is 9. The van der Waals surface area contributed by atoms with E-state index in [2.05, 4.69) is 38.1 Å². The Labute approximate surface area is 257 Å². The summed E-state index contributed by atoms with van der Waals surface area (Å²) in [5, 5.41) is 4.57. The van der Waals surface area contributed by atoms with Crippen LogP contribution in [-0.2, 0) is 12.7 Å². The van der Waals surface area contributed by atoms with Gasteiger partial charge in [0.15, 0.2) is 0 Å². The first-order chi connectivity index (χ1) is 21.0. The second kappa shape index (κ2) is 11.8. The van der Waals surface area contributed by atoms with E-state index in [9.17, 15) is 18.0 Å². The zero-order valence-corrected chi connectivity index (χ0v) is 25.0. The number of nitrogens with one attached hydrogen (secondary N) is 3. The van der Waals surface area contributed by atoms with Crippen molar-refractivity contribution in [2.45, 2.75) is 31.2 Å². The summed E-state index contributed by atoms with van der Waals surface area (Å²) in [6.07, 6.45) is 1.33. The number of methoxy groups -OCH3 is 2. The number of fused-ring (bicyclic) bond motifs is 2. The third kappa shape index (κ3) is 5.87. The molecule has 2 atom stereocenters. The topological polar surface area (TPSA) is 94.2 Å². The summed E-state index contributed by atoms with van der Waals surface area (Å²) < 4.78 is 52.8. The minimum Gasteiger partial charge on any atom is -0.495 e. The predicted molar refractivity (Wildman–Crippen MR) is 160 cm³/mol. The van der Waals surface area contributed by atoms with Crippen molar-refractivity contribution in [2.24, 2.45) is 0 Å². The lowest BCUT2D eigenvalue weighted by atomic mass is 10.0. The van der Waals surface area contributed by atoms with E-state index in [1.807, 2.05) is 0 Å². The molecule has 2 unspecified atom stereocenters. The van der Waals surface area contributed by atoms with Crippen LogP contribution in [0.5, 0.6) is 11.5 Å². The van der Waals surface area contributed by atoms with Crippen molar-refractivity contribution in [3.63, 3.8) is 0 Å². The Hall–Kier alpha value is -4.04. The summed E-state index contributed by atoms with van der Waals surface area (Å²) in [4.78, 5) is 22.1. The number of benzene rings is 2. The van der Waals surface area contributed by atoms with Crippen molar-refractivity contribution in [3.8, 4) is 11.5 Å². The summed E-state index contributed by atoms with van der Waals surface area (Å²) in [6.45, 7) is 1.91. The van der Waals surface area contributed by atoms with Crippen molar-refractivity contribution in [1.82, 2.24) is 25.7 Å². The Kier molecular flexibility index (Phi) is 8.05. The highest BCUT2D eigenvalue weighted by molar-refractivity contribution is 6.33. The lowest BCUT2D eigenvalue weighted by Crippen LogP contribution is -2.44. The second-order valence-electron chi connectivity index (χ2n) is 11.0. The van der Waals surface area contributed by atoms with Gasteiger partial charge >= 0.3 is 6.18 Å². The molecular weight excluding hydrogens is 599 g/mol. The molecule has 1 amide bonds. The van der Waals surface area contributed by atoms with Crippen LogP contribution in [-0.4, -0.2) is 67.1 Å². The molecule has 1 aromatic heterocycles. The lowest BCUT2D eigenvalue weighted by Gasteiger charge is -2.32.